The predicted molar refractivity (Wildman–Crippen MR) is 74.2 cm³/mol. The average Bonchev–Trinajstić information content (AvgIpc) is 2.42. The van der Waals surface area contributed by atoms with Crippen LogP contribution >= 0.6 is 0 Å². The summed E-state index contributed by atoms with van der Waals surface area (Å²) in [6.07, 6.45) is 2.15. The molecule has 1 saturated heterocycles. The number of sulfonamides is 1. The fraction of sp³-hybridized carbons (Fsp3) is 0.538. The van der Waals surface area contributed by atoms with E-state index in [1.54, 1.807) is 6.92 Å². The summed E-state index contributed by atoms with van der Waals surface area (Å²) in [5, 5.41) is 9.32. The molecular formula is C13H19FN2O3S. The fourth-order valence-electron chi connectivity index (χ4n) is 2.47. The zero-order valence-electron chi connectivity index (χ0n) is 11.3. The minimum Gasteiger partial charge on any atom is -0.398 e. The van der Waals surface area contributed by atoms with Crippen molar-refractivity contribution in [1.29, 1.82) is 0 Å². The van der Waals surface area contributed by atoms with Crippen LogP contribution in [0.1, 0.15) is 24.8 Å². The predicted octanol–water partition coefficient (Wildman–Crippen LogP) is 1.25. The van der Waals surface area contributed by atoms with Crippen LogP contribution in [0.2, 0.25) is 0 Å². The number of hydrogen-bond donors (Lipinski definition) is 2. The molecule has 3 N–H and O–H groups in total. The monoisotopic (exact) mass is 302 g/mol. The Labute approximate surface area is 118 Å². The zero-order chi connectivity index (χ0) is 14.9. The third-order valence-corrected chi connectivity index (χ3v) is 5.66. The van der Waals surface area contributed by atoms with Gasteiger partial charge >= 0.3 is 0 Å². The second-order valence-electron chi connectivity index (χ2n) is 5.09. The first-order chi connectivity index (χ1) is 9.37. The molecule has 0 aromatic heterocycles. The van der Waals surface area contributed by atoms with Gasteiger partial charge < -0.3 is 10.8 Å². The molecule has 0 amide bonds. The second kappa shape index (κ2) is 5.67. The molecule has 5 nitrogen and oxygen atoms in total. The third kappa shape index (κ3) is 2.65. The van der Waals surface area contributed by atoms with Crippen molar-refractivity contribution < 1.29 is 17.9 Å². The van der Waals surface area contributed by atoms with Gasteiger partial charge in [0.1, 0.15) is 10.7 Å². The quantitative estimate of drug-likeness (QED) is 0.823. The highest BCUT2D eigenvalue weighted by atomic mass is 32.2. The van der Waals surface area contributed by atoms with Crippen molar-refractivity contribution >= 4 is 15.7 Å². The van der Waals surface area contributed by atoms with E-state index < -0.39 is 26.8 Å². The maximum Gasteiger partial charge on any atom is 0.246 e. The minimum atomic E-state index is -3.97. The van der Waals surface area contributed by atoms with Gasteiger partial charge in [0.15, 0.2) is 0 Å². The highest BCUT2D eigenvalue weighted by Gasteiger charge is 2.35. The van der Waals surface area contributed by atoms with Gasteiger partial charge in [-0.3, -0.25) is 0 Å². The summed E-state index contributed by atoms with van der Waals surface area (Å²) < 4.78 is 40.3. The Kier molecular flexibility index (Phi) is 4.31. The molecule has 1 aromatic carbocycles. The van der Waals surface area contributed by atoms with Gasteiger partial charge in [0, 0.05) is 18.3 Å². The molecule has 0 saturated carbocycles. The van der Waals surface area contributed by atoms with Crippen LogP contribution < -0.4 is 5.73 Å². The maximum absolute atomic E-state index is 14.0. The number of benzene rings is 1. The molecule has 1 atom stereocenters. The topological polar surface area (TPSA) is 83.6 Å². The smallest absolute Gasteiger partial charge is 0.246 e. The van der Waals surface area contributed by atoms with Gasteiger partial charge in [-0.25, -0.2) is 12.8 Å². The maximum atomic E-state index is 14.0. The molecule has 20 heavy (non-hydrogen) atoms. The first-order valence-electron chi connectivity index (χ1n) is 6.56. The molecule has 1 aromatic rings. The number of anilines is 1. The van der Waals surface area contributed by atoms with E-state index in [-0.39, 0.29) is 12.3 Å². The number of rotatable bonds is 3. The van der Waals surface area contributed by atoms with Crippen LogP contribution in [0, 0.1) is 12.7 Å². The van der Waals surface area contributed by atoms with E-state index in [0.29, 0.717) is 24.9 Å². The van der Waals surface area contributed by atoms with E-state index >= 15 is 0 Å². The Balaban J connectivity index is 2.46. The SMILES string of the molecule is Cc1cc(F)c(S(=O)(=O)N2CCCCC2CO)cc1N. The lowest BCUT2D eigenvalue weighted by atomic mass is 10.1. The highest BCUT2D eigenvalue weighted by molar-refractivity contribution is 7.89. The van der Waals surface area contributed by atoms with E-state index in [0.717, 1.165) is 18.6 Å². The van der Waals surface area contributed by atoms with Crippen LogP contribution in [0.4, 0.5) is 10.1 Å². The van der Waals surface area contributed by atoms with E-state index in [1.165, 1.54) is 4.31 Å². The van der Waals surface area contributed by atoms with E-state index in [1.807, 2.05) is 0 Å². The number of nitrogens with zero attached hydrogens (tertiary/aromatic N) is 1. The summed E-state index contributed by atoms with van der Waals surface area (Å²) in [5.41, 5.74) is 6.42. The number of hydrogen-bond acceptors (Lipinski definition) is 4. The lowest BCUT2D eigenvalue weighted by Gasteiger charge is -2.33. The Morgan fingerprint density at radius 2 is 2.15 bits per heavy atom. The van der Waals surface area contributed by atoms with Crippen LogP contribution in [0.3, 0.4) is 0 Å². The van der Waals surface area contributed by atoms with Crippen LogP contribution in [0.25, 0.3) is 0 Å². The van der Waals surface area contributed by atoms with Crippen LogP contribution in [-0.2, 0) is 10.0 Å². The molecule has 2 rings (SSSR count). The Hall–Kier alpha value is -1.18. The molecular weight excluding hydrogens is 283 g/mol. The average molecular weight is 302 g/mol. The van der Waals surface area contributed by atoms with Crippen LogP contribution in [0.5, 0.6) is 0 Å². The van der Waals surface area contributed by atoms with E-state index in [2.05, 4.69) is 0 Å². The zero-order valence-corrected chi connectivity index (χ0v) is 12.2. The number of nitrogens with two attached hydrogens (primary N) is 1. The van der Waals surface area contributed by atoms with Gasteiger partial charge in [0.2, 0.25) is 10.0 Å². The molecule has 0 aliphatic carbocycles. The van der Waals surface area contributed by atoms with Gasteiger partial charge in [0.05, 0.1) is 6.61 Å². The first kappa shape index (κ1) is 15.2. The number of halogens is 1. The molecule has 1 heterocycles. The van der Waals surface area contributed by atoms with Gasteiger partial charge in [-0.1, -0.05) is 6.42 Å². The Bertz CT molecular complexity index is 604. The van der Waals surface area contributed by atoms with E-state index in [4.69, 9.17) is 5.73 Å². The lowest BCUT2D eigenvalue weighted by Crippen LogP contribution is -2.45. The van der Waals surface area contributed by atoms with Gasteiger partial charge in [-0.2, -0.15) is 4.31 Å². The van der Waals surface area contributed by atoms with Gasteiger partial charge in [-0.15, -0.1) is 0 Å². The highest BCUT2D eigenvalue weighted by Crippen LogP contribution is 2.29. The molecule has 7 heteroatoms. The molecule has 1 fully saturated rings. The molecule has 1 aliphatic rings. The number of aliphatic hydroxyl groups excluding tert-OH is 1. The van der Waals surface area contributed by atoms with Crippen molar-refractivity contribution in [2.24, 2.45) is 0 Å². The second-order valence-corrected chi connectivity index (χ2v) is 6.95. The molecule has 112 valence electrons. The largest absolute Gasteiger partial charge is 0.398 e. The third-order valence-electron chi connectivity index (χ3n) is 3.69. The molecule has 0 bridgehead atoms. The number of aryl methyl sites for hydroxylation is 1. The number of piperidine rings is 1. The summed E-state index contributed by atoms with van der Waals surface area (Å²) in [6.45, 7) is 1.65. The minimum absolute atomic E-state index is 0.238. The van der Waals surface area contributed by atoms with Crippen molar-refractivity contribution in [3.05, 3.63) is 23.5 Å². The standard InChI is InChI=1S/C13H19FN2O3S/c1-9-6-11(14)13(7-12(9)15)20(18,19)16-5-3-2-4-10(16)8-17/h6-7,10,17H,2-5,8,15H2,1H3. The van der Waals surface area contributed by atoms with Crippen molar-refractivity contribution in [3.8, 4) is 0 Å². The van der Waals surface area contributed by atoms with Crippen LogP contribution in [0.15, 0.2) is 17.0 Å². The Morgan fingerprint density at radius 3 is 2.80 bits per heavy atom. The van der Waals surface area contributed by atoms with Crippen molar-refractivity contribution in [2.45, 2.75) is 37.1 Å². The summed E-state index contributed by atoms with van der Waals surface area (Å²) in [7, 11) is -3.97. The lowest BCUT2D eigenvalue weighted by molar-refractivity contribution is 0.155. The van der Waals surface area contributed by atoms with Gasteiger partial charge in [-0.05, 0) is 37.5 Å². The van der Waals surface area contributed by atoms with Crippen molar-refractivity contribution in [2.75, 3.05) is 18.9 Å². The normalized spacial score (nSPS) is 21.1. The summed E-state index contributed by atoms with van der Waals surface area (Å²) >= 11 is 0. The summed E-state index contributed by atoms with van der Waals surface area (Å²) in [6, 6.07) is 1.79. The van der Waals surface area contributed by atoms with E-state index in [9.17, 15) is 17.9 Å². The molecule has 1 unspecified atom stereocenters. The van der Waals surface area contributed by atoms with Crippen molar-refractivity contribution in [1.82, 2.24) is 4.31 Å². The summed E-state index contributed by atoms with van der Waals surface area (Å²) in [4.78, 5) is -0.416. The van der Waals surface area contributed by atoms with Crippen molar-refractivity contribution in [3.63, 3.8) is 0 Å². The Morgan fingerprint density at radius 1 is 1.45 bits per heavy atom. The molecule has 1 aliphatic heterocycles. The molecule has 0 spiro atoms. The summed E-state index contributed by atoms with van der Waals surface area (Å²) in [5.74, 6) is -0.807. The molecule has 0 radical (unpaired) electrons. The number of aliphatic hydroxyl groups is 1. The van der Waals surface area contributed by atoms with Crippen LogP contribution in [-0.4, -0.2) is 37.0 Å². The van der Waals surface area contributed by atoms with Gasteiger partial charge in [0.25, 0.3) is 0 Å². The first-order valence-corrected chi connectivity index (χ1v) is 8.00. The fourth-order valence-corrected chi connectivity index (χ4v) is 4.23. The number of nitrogen functional groups attached to an aromatic ring is 1.